The van der Waals surface area contributed by atoms with Crippen molar-refractivity contribution in [2.75, 3.05) is 25.1 Å². The van der Waals surface area contributed by atoms with Gasteiger partial charge in [-0.3, -0.25) is 14.5 Å². The van der Waals surface area contributed by atoms with Gasteiger partial charge in [-0.15, -0.1) is 12.4 Å². The quantitative estimate of drug-likeness (QED) is 0.447. The number of hydrogen-bond donors (Lipinski definition) is 2. The van der Waals surface area contributed by atoms with Crippen molar-refractivity contribution in [1.82, 2.24) is 10.3 Å². The number of anilines is 1. The molecule has 2 N–H and O–H groups in total. The van der Waals surface area contributed by atoms with Crippen LogP contribution in [0.5, 0.6) is 0 Å². The fourth-order valence-electron chi connectivity index (χ4n) is 3.80. The number of fused-ring (bicyclic) bond motifs is 1. The van der Waals surface area contributed by atoms with Crippen molar-refractivity contribution in [3.05, 3.63) is 64.4 Å². The van der Waals surface area contributed by atoms with Crippen LogP contribution >= 0.6 is 12.4 Å². The molecule has 0 bridgehead atoms. The number of nitrogens with one attached hydrogen (secondary N) is 2. The molecule has 2 aromatic carbocycles. The third-order valence-corrected chi connectivity index (χ3v) is 6.07. The van der Waals surface area contributed by atoms with E-state index in [4.69, 9.17) is 9.47 Å². The van der Waals surface area contributed by atoms with Crippen LogP contribution in [0.4, 0.5) is 23.7 Å². The van der Waals surface area contributed by atoms with E-state index < -0.39 is 41.0 Å². The highest BCUT2D eigenvalue weighted by molar-refractivity contribution is 5.95. The summed E-state index contributed by atoms with van der Waals surface area (Å²) in [7, 11) is 1.62. The highest BCUT2D eigenvalue weighted by atomic mass is 35.5. The van der Waals surface area contributed by atoms with E-state index in [0.717, 1.165) is 6.07 Å². The molecule has 4 rings (SSSR count). The van der Waals surface area contributed by atoms with Gasteiger partial charge in [-0.25, -0.2) is 4.79 Å². The number of rotatable bonds is 6. The predicted octanol–water partition coefficient (Wildman–Crippen LogP) is 4.50. The van der Waals surface area contributed by atoms with Crippen LogP contribution in [0, 0.1) is 0 Å². The first-order chi connectivity index (χ1) is 16.9. The van der Waals surface area contributed by atoms with E-state index in [1.807, 2.05) is 0 Å². The number of aromatic nitrogens is 1. The first-order valence-corrected chi connectivity index (χ1v) is 11.1. The minimum absolute atomic E-state index is 0. The fraction of sp³-hybridized carbons (Fsp3) is 0.320. The highest BCUT2D eigenvalue weighted by Crippen LogP contribution is 2.36. The number of H-pyrrole nitrogens is 1. The highest BCUT2D eigenvalue weighted by Gasteiger charge is 2.36. The molecule has 8 nitrogen and oxygen atoms in total. The van der Waals surface area contributed by atoms with Crippen LogP contribution in [0.15, 0.2) is 53.3 Å². The number of halogens is 4. The van der Waals surface area contributed by atoms with Crippen molar-refractivity contribution in [3.8, 4) is 11.3 Å². The number of amides is 1. The molecule has 1 saturated heterocycles. The Morgan fingerprint density at radius 2 is 1.86 bits per heavy atom. The van der Waals surface area contributed by atoms with Gasteiger partial charge in [0.2, 0.25) is 0 Å². The molecule has 1 fully saturated rings. The van der Waals surface area contributed by atoms with Crippen molar-refractivity contribution in [2.45, 2.75) is 31.7 Å². The van der Waals surface area contributed by atoms with Crippen LogP contribution < -0.4 is 15.8 Å². The zero-order valence-electron chi connectivity index (χ0n) is 20.1. The lowest BCUT2D eigenvalue weighted by Gasteiger charge is -2.22. The fourth-order valence-corrected chi connectivity index (χ4v) is 3.80. The summed E-state index contributed by atoms with van der Waals surface area (Å²) in [5.74, 6) is -0.500. The number of aromatic amines is 1. The average molecular weight is 540 g/mol. The van der Waals surface area contributed by atoms with E-state index in [1.54, 1.807) is 33.0 Å². The summed E-state index contributed by atoms with van der Waals surface area (Å²) in [6.07, 6.45) is -5.96. The number of likely N-dealkylation sites (N-methyl/N-ethyl adjacent to an activating group) is 1. The summed E-state index contributed by atoms with van der Waals surface area (Å²) >= 11 is 0. The molecule has 37 heavy (non-hydrogen) atoms. The number of cyclic esters (lactones) is 1. The van der Waals surface area contributed by atoms with Gasteiger partial charge in [0.15, 0.2) is 6.10 Å². The summed E-state index contributed by atoms with van der Waals surface area (Å²) in [6.45, 7) is 3.26. The Hall–Kier alpha value is -3.57. The van der Waals surface area contributed by atoms with Gasteiger partial charge < -0.3 is 19.8 Å². The molecule has 0 aliphatic carbocycles. The maximum atomic E-state index is 13.4. The van der Waals surface area contributed by atoms with E-state index in [0.29, 0.717) is 11.1 Å². The van der Waals surface area contributed by atoms with Gasteiger partial charge in [0.05, 0.1) is 12.1 Å². The second kappa shape index (κ2) is 10.4. The molecule has 1 aliphatic rings. The molecule has 0 spiro atoms. The van der Waals surface area contributed by atoms with Crippen LogP contribution in [0.1, 0.15) is 19.4 Å². The first kappa shape index (κ1) is 28.0. The monoisotopic (exact) mass is 539 g/mol. The van der Waals surface area contributed by atoms with Gasteiger partial charge in [0.1, 0.15) is 12.1 Å². The molecule has 3 aromatic rings. The number of esters is 1. The molecular weight excluding hydrogens is 515 g/mol. The van der Waals surface area contributed by atoms with Gasteiger partial charge in [0, 0.05) is 22.3 Å². The molecule has 1 aliphatic heterocycles. The molecular formula is C25H25ClF3N3O5. The van der Waals surface area contributed by atoms with Crippen molar-refractivity contribution in [1.29, 1.82) is 0 Å². The maximum absolute atomic E-state index is 13.4. The van der Waals surface area contributed by atoms with Crippen LogP contribution in [0.3, 0.4) is 0 Å². The van der Waals surface area contributed by atoms with Crippen molar-refractivity contribution in [2.24, 2.45) is 0 Å². The summed E-state index contributed by atoms with van der Waals surface area (Å²) in [4.78, 5) is 41.2. The molecule has 198 valence electrons. The molecule has 0 saturated carbocycles. The second-order valence-electron chi connectivity index (χ2n) is 8.92. The largest absolute Gasteiger partial charge is 0.460 e. The Balaban J connectivity index is 0.00000380. The molecule has 1 atom stereocenters. The molecule has 1 amide bonds. The first-order valence-electron chi connectivity index (χ1n) is 11.1. The lowest BCUT2D eigenvalue weighted by molar-refractivity contribution is -0.152. The van der Waals surface area contributed by atoms with E-state index in [1.165, 1.54) is 35.2 Å². The number of carbonyl (C=O) groups is 2. The smallest absolute Gasteiger partial charge is 0.417 e. The van der Waals surface area contributed by atoms with Gasteiger partial charge in [-0.2, -0.15) is 13.2 Å². The molecule has 1 aromatic heterocycles. The number of alkyl halides is 3. The number of hydrogen-bond acceptors (Lipinski definition) is 6. The van der Waals surface area contributed by atoms with E-state index >= 15 is 0 Å². The van der Waals surface area contributed by atoms with E-state index in [9.17, 15) is 27.6 Å². The molecule has 12 heteroatoms. The number of carbonyl (C=O) groups excluding carboxylic acids is 2. The van der Waals surface area contributed by atoms with Crippen molar-refractivity contribution >= 4 is 40.9 Å². The van der Waals surface area contributed by atoms with E-state index in [-0.39, 0.29) is 42.2 Å². The molecule has 2 heterocycles. The summed E-state index contributed by atoms with van der Waals surface area (Å²) < 4.78 is 50.9. The Kier molecular flexibility index (Phi) is 7.89. The zero-order valence-corrected chi connectivity index (χ0v) is 21.0. The number of ether oxygens (including phenoxy) is 2. The van der Waals surface area contributed by atoms with Gasteiger partial charge >= 0.3 is 18.2 Å². The van der Waals surface area contributed by atoms with Gasteiger partial charge in [-0.1, -0.05) is 24.3 Å². The van der Waals surface area contributed by atoms with Crippen molar-refractivity contribution < 1.29 is 32.2 Å². The van der Waals surface area contributed by atoms with Crippen LogP contribution in [0.2, 0.25) is 0 Å². The van der Waals surface area contributed by atoms with Crippen LogP contribution in [-0.2, 0) is 20.4 Å². The lowest BCUT2D eigenvalue weighted by atomic mass is 10.0. The third kappa shape index (κ3) is 5.72. The Labute approximate surface area is 216 Å². The van der Waals surface area contributed by atoms with Crippen LogP contribution in [-0.4, -0.2) is 48.9 Å². The third-order valence-electron chi connectivity index (χ3n) is 6.07. The molecule has 0 radical (unpaired) electrons. The van der Waals surface area contributed by atoms with E-state index in [2.05, 4.69) is 10.3 Å². The Bertz CT molecular complexity index is 1390. The lowest BCUT2D eigenvalue weighted by Crippen LogP contribution is -2.46. The van der Waals surface area contributed by atoms with Crippen molar-refractivity contribution in [3.63, 3.8) is 0 Å². The van der Waals surface area contributed by atoms with Crippen LogP contribution in [0.25, 0.3) is 22.0 Å². The Morgan fingerprint density at radius 1 is 1.16 bits per heavy atom. The average Bonchev–Trinajstić information content (AvgIpc) is 3.22. The van der Waals surface area contributed by atoms with Gasteiger partial charge in [0.25, 0.3) is 5.56 Å². The summed E-state index contributed by atoms with van der Waals surface area (Å²) in [5.41, 5.74) is -2.11. The summed E-state index contributed by atoms with van der Waals surface area (Å²) in [6, 6.07) is 11.0. The minimum Gasteiger partial charge on any atom is -0.460 e. The zero-order chi connectivity index (χ0) is 26.3. The standard InChI is InChI=1S/C25H24F3N3O5.ClH/c1-24(2,29-3)22(33)35-13-16-12-31(23(34)36-16)15-9-8-14-10-20(30-21(32)18(14)11-15)17-6-4-5-7-19(17)25(26,27)28;/h4-11,16,29H,12-13H2,1-3H3,(H,30,32);1H. The minimum atomic E-state index is -4.59. The van der Waals surface area contributed by atoms with Gasteiger partial charge in [-0.05, 0) is 50.5 Å². The topological polar surface area (TPSA) is 101 Å². The number of benzene rings is 2. The molecule has 1 unspecified atom stereocenters. The number of nitrogens with zero attached hydrogens (tertiary/aromatic N) is 1. The SMILES string of the molecule is CNC(C)(C)C(=O)OCC1CN(c2ccc3cc(-c4ccccc4C(F)(F)F)[nH]c(=O)c3c2)C(=O)O1.Cl. The maximum Gasteiger partial charge on any atom is 0.417 e. The number of pyridine rings is 1. The second-order valence-corrected chi connectivity index (χ2v) is 8.92. The predicted molar refractivity (Wildman–Crippen MR) is 134 cm³/mol. The Morgan fingerprint density at radius 3 is 2.54 bits per heavy atom. The normalized spacial score (nSPS) is 15.9. The summed E-state index contributed by atoms with van der Waals surface area (Å²) in [5, 5.41) is 3.42.